The Labute approximate surface area is 121 Å². The summed E-state index contributed by atoms with van der Waals surface area (Å²) in [7, 11) is 1.30. The maximum absolute atomic E-state index is 11.4. The van der Waals surface area contributed by atoms with Crippen molar-refractivity contribution < 1.29 is 9.53 Å². The standard InChI is InChI=1S/C15H10N4O2/c1-21-15(20)10-4-5-18-14(7-10)19-13-3-2-11(8-16)12(6-13)9-17/h2-7H,1H3,(H,18,19). The van der Waals surface area contributed by atoms with E-state index in [2.05, 4.69) is 15.0 Å². The van der Waals surface area contributed by atoms with Crippen LogP contribution in [0.2, 0.25) is 0 Å². The van der Waals surface area contributed by atoms with Crippen LogP contribution in [0.4, 0.5) is 11.5 Å². The van der Waals surface area contributed by atoms with Gasteiger partial charge < -0.3 is 10.1 Å². The van der Waals surface area contributed by atoms with Gasteiger partial charge in [0.05, 0.1) is 23.8 Å². The SMILES string of the molecule is COC(=O)c1ccnc(Nc2ccc(C#N)c(C#N)c2)c1. The number of nitrogens with zero attached hydrogens (tertiary/aromatic N) is 3. The number of nitriles is 2. The molecule has 0 bridgehead atoms. The predicted octanol–water partition coefficient (Wildman–Crippen LogP) is 2.36. The number of ether oxygens (including phenoxy) is 1. The summed E-state index contributed by atoms with van der Waals surface area (Å²) >= 11 is 0. The van der Waals surface area contributed by atoms with E-state index in [1.807, 2.05) is 12.1 Å². The van der Waals surface area contributed by atoms with Crippen LogP contribution in [0.15, 0.2) is 36.5 Å². The molecular formula is C15H10N4O2. The highest BCUT2D eigenvalue weighted by atomic mass is 16.5. The molecule has 0 atom stereocenters. The first-order chi connectivity index (χ1) is 10.2. The van der Waals surface area contributed by atoms with Crippen LogP contribution in [0.25, 0.3) is 0 Å². The van der Waals surface area contributed by atoms with Crippen molar-refractivity contribution in [2.75, 3.05) is 12.4 Å². The first kappa shape index (κ1) is 14.0. The number of hydrogen-bond donors (Lipinski definition) is 1. The molecule has 1 heterocycles. The minimum atomic E-state index is -0.460. The van der Waals surface area contributed by atoms with Crippen LogP contribution in [0.3, 0.4) is 0 Å². The zero-order chi connectivity index (χ0) is 15.2. The van der Waals surface area contributed by atoms with Gasteiger partial charge >= 0.3 is 5.97 Å². The van der Waals surface area contributed by atoms with Gasteiger partial charge in [0.1, 0.15) is 18.0 Å². The van der Waals surface area contributed by atoms with E-state index in [9.17, 15) is 4.79 Å². The highest BCUT2D eigenvalue weighted by Crippen LogP contribution is 2.19. The monoisotopic (exact) mass is 278 g/mol. The molecule has 21 heavy (non-hydrogen) atoms. The molecule has 1 N–H and O–H groups in total. The first-order valence-electron chi connectivity index (χ1n) is 5.93. The van der Waals surface area contributed by atoms with E-state index in [-0.39, 0.29) is 5.56 Å². The van der Waals surface area contributed by atoms with Crippen LogP contribution in [0.5, 0.6) is 0 Å². The number of anilines is 2. The van der Waals surface area contributed by atoms with Crippen molar-refractivity contribution in [2.45, 2.75) is 0 Å². The number of nitrogens with one attached hydrogen (secondary N) is 1. The van der Waals surface area contributed by atoms with Gasteiger partial charge in [0.25, 0.3) is 0 Å². The third-order valence-corrected chi connectivity index (χ3v) is 2.71. The Kier molecular flexibility index (Phi) is 4.13. The minimum Gasteiger partial charge on any atom is -0.465 e. The van der Waals surface area contributed by atoms with Gasteiger partial charge in [-0.2, -0.15) is 10.5 Å². The fourth-order valence-corrected chi connectivity index (χ4v) is 1.70. The van der Waals surface area contributed by atoms with E-state index in [1.54, 1.807) is 18.2 Å². The Morgan fingerprint density at radius 2 is 1.95 bits per heavy atom. The molecule has 6 nitrogen and oxygen atoms in total. The topological polar surface area (TPSA) is 98.8 Å². The van der Waals surface area contributed by atoms with Crippen molar-refractivity contribution in [3.8, 4) is 12.1 Å². The summed E-state index contributed by atoms with van der Waals surface area (Å²) in [6.07, 6.45) is 1.48. The largest absolute Gasteiger partial charge is 0.465 e. The maximum atomic E-state index is 11.4. The van der Waals surface area contributed by atoms with Gasteiger partial charge in [-0.1, -0.05) is 0 Å². The van der Waals surface area contributed by atoms with Gasteiger partial charge in [-0.15, -0.1) is 0 Å². The van der Waals surface area contributed by atoms with Crippen molar-refractivity contribution in [1.29, 1.82) is 10.5 Å². The fourth-order valence-electron chi connectivity index (χ4n) is 1.70. The lowest BCUT2D eigenvalue weighted by Crippen LogP contribution is -2.03. The van der Waals surface area contributed by atoms with E-state index >= 15 is 0 Å². The number of rotatable bonds is 3. The van der Waals surface area contributed by atoms with Gasteiger partial charge in [-0.25, -0.2) is 9.78 Å². The number of esters is 1. The van der Waals surface area contributed by atoms with E-state index < -0.39 is 5.97 Å². The van der Waals surface area contributed by atoms with Gasteiger partial charge in [0.15, 0.2) is 0 Å². The second-order valence-corrected chi connectivity index (χ2v) is 4.03. The molecule has 2 rings (SSSR count). The number of hydrogen-bond acceptors (Lipinski definition) is 6. The smallest absolute Gasteiger partial charge is 0.338 e. The van der Waals surface area contributed by atoms with Crippen LogP contribution < -0.4 is 5.32 Å². The van der Waals surface area contributed by atoms with Crippen molar-refractivity contribution in [2.24, 2.45) is 0 Å². The van der Waals surface area contributed by atoms with Crippen LogP contribution in [0.1, 0.15) is 21.5 Å². The van der Waals surface area contributed by atoms with Crippen LogP contribution in [-0.4, -0.2) is 18.1 Å². The molecule has 0 amide bonds. The van der Waals surface area contributed by atoms with E-state index in [4.69, 9.17) is 10.5 Å². The van der Waals surface area contributed by atoms with Crippen LogP contribution >= 0.6 is 0 Å². The molecule has 0 saturated heterocycles. The highest BCUT2D eigenvalue weighted by Gasteiger charge is 2.08. The predicted molar refractivity (Wildman–Crippen MR) is 74.7 cm³/mol. The lowest BCUT2D eigenvalue weighted by atomic mass is 10.1. The maximum Gasteiger partial charge on any atom is 0.338 e. The fraction of sp³-hybridized carbons (Fsp3) is 0.0667. The van der Waals surface area contributed by atoms with Crippen molar-refractivity contribution in [1.82, 2.24) is 4.98 Å². The molecule has 0 radical (unpaired) electrons. The first-order valence-corrected chi connectivity index (χ1v) is 5.93. The Morgan fingerprint density at radius 1 is 1.19 bits per heavy atom. The van der Waals surface area contributed by atoms with Crippen molar-refractivity contribution in [3.63, 3.8) is 0 Å². The van der Waals surface area contributed by atoms with Crippen molar-refractivity contribution in [3.05, 3.63) is 53.2 Å². The third kappa shape index (κ3) is 3.14. The van der Waals surface area contributed by atoms with Gasteiger partial charge in [-0.3, -0.25) is 0 Å². The molecule has 0 unspecified atom stereocenters. The van der Waals surface area contributed by atoms with Crippen LogP contribution in [0, 0.1) is 22.7 Å². The second-order valence-electron chi connectivity index (χ2n) is 4.03. The Hall–Kier alpha value is -3.38. The lowest BCUT2D eigenvalue weighted by molar-refractivity contribution is 0.0600. The zero-order valence-electron chi connectivity index (χ0n) is 11.1. The summed E-state index contributed by atoms with van der Waals surface area (Å²) < 4.78 is 4.63. The zero-order valence-corrected chi connectivity index (χ0v) is 11.1. The van der Waals surface area contributed by atoms with Crippen molar-refractivity contribution >= 4 is 17.5 Å². The van der Waals surface area contributed by atoms with E-state index in [0.717, 1.165) is 0 Å². The quantitative estimate of drug-likeness (QED) is 0.865. The normalized spacial score (nSPS) is 9.29. The number of carbonyl (C=O) groups excluding carboxylic acids is 1. The molecule has 0 saturated carbocycles. The summed E-state index contributed by atoms with van der Waals surface area (Å²) in [6, 6.07) is 11.7. The Balaban J connectivity index is 2.29. The van der Waals surface area contributed by atoms with Gasteiger partial charge in [-0.05, 0) is 30.3 Å². The minimum absolute atomic E-state index is 0.270. The molecule has 0 aliphatic carbocycles. The second kappa shape index (κ2) is 6.18. The number of pyridine rings is 1. The molecule has 0 spiro atoms. The average molecular weight is 278 g/mol. The molecule has 6 heteroatoms. The average Bonchev–Trinajstić information content (AvgIpc) is 2.54. The van der Waals surface area contributed by atoms with E-state index in [1.165, 1.54) is 25.4 Å². The molecule has 1 aromatic carbocycles. The summed E-state index contributed by atoms with van der Waals surface area (Å²) in [6.45, 7) is 0. The van der Waals surface area contributed by atoms with E-state index in [0.29, 0.717) is 22.6 Å². The molecule has 2 aromatic rings. The third-order valence-electron chi connectivity index (χ3n) is 2.71. The van der Waals surface area contributed by atoms with Gasteiger partial charge in [0.2, 0.25) is 0 Å². The molecule has 102 valence electrons. The van der Waals surface area contributed by atoms with Gasteiger partial charge in [0, 0.05) is 11.9 Å². The molecular weight excluding hydrogens is 268 g/mol. The number of carbonyl (C=O) groups is 1. The van der Waals surface area contributed by atoms with Crippen LogP contribution in [-0.2, 0) is 4.74 Å². The summed E-state index contributed by atoms with van der Waals surface area (Å²) in [4.78, 5) is 15.5. The number of methoxy groups -OCH3 is 1. The Bertz CT molecular complexity index is 772. The highest BCUT2D eigenvalue weighted by molar-refractivity contribution is 5.90. The summed E-state index contributed by atoms with van der Waals surface area (Å²) in [5, 5.41) is 20.8. The summed E-state index contributed by atoms with van der Waals surface area (Å²) in [5.74, 6) is -0.0236. The molecule has 0 aliphatic heterocycles. The number of benzene rings is 1. The Morgan fingerprint density at radius 3 is 2.62 bits per heavy atom. The lowest BCUT2D eigenvalue weighted by Gasteiger charge is -2.07. The molecule has 1 aromatic heterocycles. The molecule has 0 fully saturated rings. The summed E-state index contributed by atoms with van der Waals surface area (Å²) in [5.41, 5.74) is 1.54. The molecule has 0 aliphatic rings. The number of aromatic nitrogens is 1.